The molecule has 0 aliphatic heterocycles. The van der Waals surface area contributed by atoms with Crippen molar-refractivity contribution in [3.63, 3.8) is 0 Å². The molecule has 0 heterocycles. The number of aryl methyl sites for hydroxylation is 1. The van der Waals surface area contributed by atoms with Crippen molar-refractivity contribution in [1.29, 1.82) is 0 Å². The molecule has 0 aromatic heterocycles. The molecule has 2 heteroatoms. The lowest BCUT2D eigenvalue weighted by Crippen LogP contribution is -2.06. The van der Waals surface area contributed by atoms with Crippen LogP contribution < -0.4 is 0 Å². The molecule has 1 aromatic carbocycles. The summed E-state index contributed by atoms with van der Waals surface area (Å²) in [5.74, 6) is 2.13. The van der Waals surface area contributed by atoms with E-state index in [0.29, 0.717) is 12.0 Å². The minimum Gasteiger partial charge on any atom is -0.461 e. The zero-order chi connectivity index (χ0) is 13.2. The number of unbranched alkanes of at least 4 members (excludes halogenated alkanes) is 2. The van der Waals surface area contributed by atoms with Gasteiger partial charge in [-0.3, -0.25) is 0 Å². The Morgan fingerprint density at radius 2 is 2.00 bits per heavy atom. The Hall–Kier alpha value is -1.75. The fraction of sp³-hybridized carbons (Fsp3) is 0.438. The van der Waals surface area contributed by atoms with Crippen LogP contribution in [0.4, 0.5) is 0 Å². The monoisotopic (exact) mass is 244 g/mol. The van der Waals surface area contributed by atoms with Crippen LogP contribution in [0.25, 0.3) is 0 Å². The van der Waals surface area contributed by atoms with Crippen molar-refractivity contribution >= 4 is 5.97 Å². The minimum absolute atomic E-state index is 0.285. The molecule has 1 aromatic rings. The number of rotatable bonds is 7. The van der Waals surface area contributed by atoms with Crippen molar-refractivity contribution in [2.75, 3.05) is 6.61 Å². The van der Waals surface area contributed by atoms with Gasteiger partial charge in [-0.25, -0.2) is 4.79 Å². The third kappa shape index (κ3) is 5.05. The highest BCUT2D eigenvalue weighted by molar-refractivity contribution is 5.89. The molecular weight excluding hydrogens is 224 g/mol. The Morgan fingerprint density at radius 3 is 2.61 bits per heavy atom. The van der Waals surface area contributed by atoms with E-state index in [2.05, 4.69) is 12.8 Å². The van der Waals surface area contributed by atoms with Gasteiger partial charge in [0.05, 0.1) is 5.56 Å². The highest BCUT2D eigenvalue weighted by atomic mass is 16.5. The van der Waals surface area contributed by atoms with Gasteiger partial charge in [0.2, 0.25) is 0 Å². The van der Waals surface area contributed by atoms with Crippen LogP contribution in [0.1, 0.15) is 48.5 Å². The summed E-state index contributed by atoms with van der Waals surface area (Å²) in [6, 6.07) is 7.62. The Bertz CT molecular complexity index is 398. The molecule has 0 fully saturated rings. The molecule has 2 nitrogen and oxygen atoms in total. The van der Waals surface area contributed by atoms with E-state index in [1.54, 1.807) is 0 Å². The maximum absolute atomic E-state index is 11.6. The smallest absolute Gasteiger partial charge is 0.338 e. The SMILES string of the molecule is C#CCCOC(=O)c1ccc(CCCCC)cc1. The van der Waals surface area contributed by atoms with E-state index in [-0.39, 0.29) is 12.6 Å². The van der Waals surface area contributed by atoms with E-state index in [0.717, 1.165) is 6.42 Å². The molecule has 0 bridgehead atoms. The van der Waals surface area contributed by atoms with Crippen LogP contribution >= 0.6 is 0 Å². The number of benzene rings is 1. The van der Waals surface area contributed by atoms with Crippen LogP contribution in [0.15, 0.2) is 24.3 Å². The normalized spacial score (nSPS) is 9.78. The molecule has 0 aliphatic rings. The van der Waals surface area contributed by atoms with Gasteiger partial charge in [0.15, 0.2) is 0 Å². The van der Waals surface area contributed by atoms with Crippen LogP contribution in [-0.4, -0.2) is 12.6 Å². The molecule has 0 aliphatic carbocycles. The van der Waals surface area contributed by atoms with E-state index >= 15 is 0 Å². The van der Waals surface area contributed by atoms with Gasteiger partial charge < -0.3 is 4.74 Å². The molecule has 18 heavy (non-hydrogen) atoms. The van der Waals surface area contributed by atoms with E-state index in [1.807, 2.05) is 24.3 Å². The van der Waals surface area contributed by atoms with Crippen molar-refractivity contribution < 1.29 is 9.53 Å². The van der Waals surface area contributed by atoms with Crippen LogP contribution in [0.5, 0.6) is 0 Å². The van der Waals surface area contributed by atoms with Crippen LogP contribution in [-0.2, 0) is 11.2 Å². The summed E-state index contributed by atoms with van der Waals surface area (Å²) in [7, 11) is 0. The summed E-state index contributed by atoms with van der Waals surface area (Å²) in [6.45, 7) is 2.48. The largest absolute Gasteiger partial charge is 0.461 e. The first-order valence-electron chi connectivity index (χ1n) is 6.47. The van der Waals surface area contributed by atoms with Gasteiger partial charge in [-0.05, 0) is 30.5 Å². The number of carbonyl (C=O) groups excluding carboxylic acids is 1. The Kier molecular flexibility index (Phi) is 6.64. The predicted molar refractivity (Wildman–Crippen MR) is 73.4 cm³/mol. The maximum atomic E-state index is 11.6. The number of hydrogen-bond donors (Lipinski definition) is 0. The molecule has 0 saturated carbocycles. The third-order valence-corrected chi connectivity index (χ3v) is 2.74. The average molecular weight is 244 g/mol. The van der Waals surface area contributed by atoms with Crippen molar-refractivity contribution in [2.24, 2.45) is 0 Å². The van der Waals surface area contributed by atoms with Crippen LogP contribution in [0, 0.1) is 12.3 Å². The molecule has 1 rings (SSSR count). The van der Waals surface area contributed by atoms with E-state index in [9.17, 15) is 4.79 Å². The van der Waals surface area contributed by atoms with E-state index in [1.165, 1.54) is 24.8 Å². The summed E-state index contributed by atoms with van der Waals surface area (Å²) in [6.07, 6.45) is 10.3. The molecule has 0 spiro atoms. The Balaban J connectivity index is 2.44. The summed E-state index contributed by atoms with van der Waals surface area (Å²) < 4.78 is 5.03. The highest BCUT2D eigenvalue weighted by Gasteiger charge is 2.06. The summed E-state index contributed by atoms with van der Waals surface area (Å²) in [5.41, 5.74) is 1.86. The summed E-state index contributed by atoms with van der Waals surface area (Å²) in [4.78, 5) is 11.6. The molecule has 0 N–H and O–H groups in total. The van der Waals surface area contributed by atoms with Crippen molar-refractivity contribution in [2.45, 2.75) is 39.0 Å². The lowest BCUT2D eigenvalue weighted by molar-refractivity contribution is 0.0513. The van der Waals surface area contributed by atoms with E-state index in [4.69, 9.17) is 11.2 Å². The second-order valence-electron chi connectivity index (χ2n) is 4.24. The quantitative estimate of drug-likeness (QED) is 0.416. The number of terminal acetylenes is 1. The number of hydrogen-bond acceptors (Lipinski definition) is 2. The predicted octanol–water partition coefficient (Wildman–Crippen LogP) is 3.60. The third-order valence-electron chi connectivity index (χ3n) is 2.74. The lowest BCUT2D eigenvalue weighted by Gasteiger charge is -2.04. The Morgan fingerprint density at radius 1 is 1.28 bits per heavy atom. The topological polar surface area (TPSA) is 26.3 Å². The molecular formula is C16H20O2. The van der Waals surface area contributed by atoms with Gasteiger partial charge in [-0.2, -0.15) is 0 Å². The molecule has 0 radical (unpaired) electrons. The van der Waals surface area contributed by atoms with Crippen LogP contribution in [0.3, 0.4) is 0 Å². The molecule has 96 valence electrons. The van der Waals surface area contributed by atoms with Crippen molar-refractivity contribution in [3.8, 4) is 12.3 Å². The fourth-order valence-electron chi connectivity index (χ4n) is 1.67. The molecule has 0 amide bonds. The van der Waals surface area contributed by atoms with Gasteiger partial charge in [0.1, 0.15) is 6.61 Å². The first-order chi connectivity index (χ1) is 8.77. The molecule has 0 unspecified atom stereocenters. The first-order valence-corrected chi connectivity index (χ1v) is 6.47. The van der Waals surface area contributed by atoms with Crippen molar-refractivity contribution in [3.05, 3.63) is 35.4 Å². The fourth-order valence-corrected chi connectivity index (χ4v) is 1.67. The van der Waals surface area contributed by atoms with Crippen molar-refractivity contribution in [1.82, 2.24) is 0 Å². The van der Waals surface area contributed by atoms with Crippen LogP contribution in [0.2, 0.25) is 0 Å². The average Bonchev–Trinajstić information content (AvgIpc) is 2.40. The lowest BCUT2D eigenvalue weighted by atomic mass is 10.1. The standard InChI is InChI=1S/C16H20O2/c1-3-5-7-8-14-9-11-15(12-10-14)16(17)18-13-6-4-2/h2,9-12H,3,5-8,13H2,1H3. The van der Waals surface area contributed by atoms with Gasteiger partial charge in [-0.1, -0.05) is 31.9 Å². The van der Waals surface area contributed by atoms with Gasteiger partial charge in [0.25, 0.3) is 0 Å². The highest BCUT2D eigenvalue weighted by Crippen LogP contribution is 2.10. The number of ether oxygens (including phenoxy) is 1. The van der Waals surface area contributed by atoms with Gasteiger partial charge >= 0.3 is 5.97 Å². The number of esters is 1. The minimum atomic E-state index is -0.301. The molecule has 0 saturated heterocycles. The zero-order valence-corrected chi connectivity index (χ0v) is 10.9. The summed E-state index contributed by atoms with van der Waals surface area (Å²) in [5, 5.41) is 0. The first kappa shape index (κ1) is 14.3. The van der Waals surface area contributed by atoms with Gasteiger partial charge in [0, 0.05) is 6.42 Å². The Labute approximate surface area is 109 Å². The second-order valence-corrected chi connectivity index (χ2v) is 4.24. The van der Waals surface area contributed by atoms with Gasteiger partial charge in [-0.15, -0.1) is 12.3 Å². The molecule has 0 atom stereocenters. The summed E-state index contributed by atoms with van der Waals surface area (Å²) >= 11 is 0. The number of carbonyl (C=O) groups is 1. The zero-order valence-electron chi connectivity index (χ0n) is 10.9. The maximum Gasteiger partial charge on any atom is 0.338 e. The second kappa shape index (κ2) is 8.36. The van der Waals surface area contributed by atoms with E-state index < -0.39 is 0 Å².